The SMILES string of the molecule is CCOC(CNC(=C[N+](=O)[O-])c1ccc(Cl)cc1)OCC. The maximum atomic E-state index is 10.7. The molecule has 0 aliphatic heterocycles. The van der Waals surface area contributed by atoms with Gasteiger partial charge < -0.3 is 14.8 Å². The molecule has 21 heavy (non-hydrogen) atoms. The highest BCUT2D eigenvalue weighted by molar-refractivity contribution is 6.30. The Bertz CT molecular complexity index is 470. The van der Waals surface area contributed by atoms with E-state index in [0.29, 0.717) is 36.0 Å². The number of nitrogens with one attached hydrogen (secondary N) is 1. The highest BCUT2D eigenvalue weighted by atomic mass is 35.5. The number of halogens is 1. The lowest BCUT2D eigenvalue weighted by Gasteiger charge is -2.18. The molecular formula is C14H19ClN2O4. The van der Waals surface area contributed by atoms with Crippen LogP contribution in [-0.2, 0) is 9.47 Å². The lowest BCUT2D eigenvalue weighted by molar-refractivity contribution is -0.401. The third kappa shape index (κ3) is 6.57. The zero-order chi connectivity index (χ0) is 15.7. The molecule has 6 nitrogen and oxygen atoms in total. The second-order valence-corrected chi connectivity index (χ2v) is 4.49. The van der Waals surface area contributed by atoms with Gasteiger partial charge in [0.05, 0.1) is 11.5 Å². The number of nitrogens with zero attached hydrogens (tertiary/aromatic N) is 1. The maximum absolute atomic E-state index is 10.7. The number of benzene rings is 1. The monoisotopic (exact) mass is 314 g/mol. The van der Waals surface area contributed by atoms with Crippen molar-refractivity contribution in [1.82, 2.24) is 5.32 Å². The fraction of sp³-hybridized carbons (Fsp3) is 0.429. The molecule has 0 aliphatic rings. The van der Waals surface area contributed by atoms with Crippen LogP contribution in [0.15, 0.2) is 30.5 Å². The summed E-state index contributed by atoms with van der Waals surface area (Å²) in [6.45, 7) is 5.03. The third-order valence-electron chi connectivity index (χ3n) is 2.55. The molecule has 0 radical (unpaired) electrons. The normalized spacial score (nSPS) is 11.7. The van der Waals surface area contributed by atoms with Crippen LogP contribution in [0.25, 0.3) is 5.70 Å². The summed E-state index contributed by atoms with van der Waals surface area (Å²) in [6.07, 6.45) is 0.459. The van der Waals surface area contributed by atoms with Crippen LogP contribution < -0.4 is 5.32 Å². The van der Waals surface area contributed by atoms with Crippen LogP contribution in [-0.4, -0.2) is 31.0 Å². The van der Waals surface area contributed by atoms with Gasteiger partial charge in [-0.3, -0.25) is 10.1 Å². The van der Waals surface area contributed by atoms with Crippen LogP contribution in [0, 0.1) is 10.1 Å². The summed E-state index contributed by atoms with van der Waals surface area (Å²) < 4.78 is 10.8. The molecule has 0 bridgehead atoms. The first-order valence-electron chi connectivity index (χ1n) is 6.65. The number of ether oxygens (including phenoxy) is 2. The van der Waals surface area contributed by atoms with Gasteiger partial charge in [-0.15, -0.1) is 0 Å². The first-order valence-corrected chi connectivity index (χ1v) is 7.03. The van der Waals surface area contributed by atoms with Crippen molar-refractivity contribution in [3.63, 3.8) is 0 Å². The van der Waals surface area contributed by atoms with Gasteiger partial charge in [-0.2, -0.15) is 0 Å². The Morgan fingerprint density at radius 3 is 2.38 bits per heavy atom. The Kier molecular flexibility index (Phi) is 7.74. The second kappa shape index (κ2) is 9.33. The summed E-state index contributed by atoms with van der Waals surface area (Å²) in [7, 11) is 0. The lowest BCUT2D eigenvalue weighted by atomic mass is 10.1. The van der Waals surface area contributed by atoms with Crippen LogP contribution in [0.4, 0.5) is 0 Å². The fourth-order valence-corrected chi connectivity index (χ4v) is 1.81. The highest BCUT2D eigenvalue weighted by Crippen LogP contribution is 2.16. The second-order valence-electron chi connectivity index (χ2n) is 4.06. The Balaban J connectivity index is 2.79. The van der Waals surface area contributed by atoms with Gasteiger partial charge in [-0.1, -0.05) is 23.7 Å². The molecule has 0 aliphatic carbocycles. The van der Waals surface area contributed by atoms with Gasteiger partial charge in [0.2, 0.25) is 0 Å². The average molecular weight is 315 g/mol. The minimum absolute atomic E-state index is 0.310. The molecule has 0 fully saturated rings. The van der Waals surface area contributed by atoms with Gasteiger partial charge in [-0.05, 0) is 26.0 Å². The van der Waals surface area contributed by atoms with Crippen molar-refractivity contribution < 1.29 is 14.4 Å². The Morgan fingerprint density at radius 2 is 1.90 bits per heavy atom. The van der Waals surface area contributed by atoms with Gasteiger partial charge in [0.25, 0.3) is 6.20 Å². The van der Waals surface area contributed by atoms with Gasteiger partial charge in [0, 0.05) is 23.8 Å². The van der Waals surface area contributed by atoms with E-state index in [-0.39, 0.29) is 0 Å². The zero-order valence-corrected chi connectivity index (χ0v) is 12.8. The topological polar surface area (TPSA) is 73.6 Å². The van der Waals surface area contributed by atoms with Gasteiger partial charge >= 0.3 is 0 Å². The number of hydrogen-bond donors (Lipinski definition) is 1. The molecule has 0 saturated carbocycles. The third-order valence-corrected chi connectivity index (χ3v) is 2.81. The van der Waals surface area contributed by atoms with Crippen molar-refractivity contribution in [3.05, 3.63) is 51.2 Å². The molecule has 1 rings (SSSR count). The Morgan fingerprint density at radius 1 is 1.33 bits per heavy atom. The molecule has 0 atom stereocenters. The molecule has 0 spiro atoms. The summed E-state index contributed by atoms with van der Waals surface area (Å²) >= 11 is 5.82. The summed E-state index contributed by atoms with van der Waals surface area (Å²) in [5.41, 5.74) is 1.05. The van der Waals surface area contributed by atoms with E-state index in [0.717, 1.165) is 6.20 Å². The lowest BCUT2D eigenvalue weighted by Crippen LogP contribution is -2.31. The standard InChI is InChI=1S/C14H19ClN2O4/c1-3-20-14(21-4-2)9-16-13(10-17(18)19)11-5-7-12(15)8-6-11/h5-8,10,14,16H,3-4,9H2,1-2H3. The minimum atomic E-state index is -0.507. The summed E-state index contributed by atoms with van der Waals surface area (Å²) in [6, 6.07) is 6.77. The number of rotatable bonds is 9. The predicted octanol–water partition coefficient (Wildman–Crippen LogP) is 2.90. The van der Waals surface area contributed by atoms with Crippen molar-refractivity contribution in [3.8, 4) is 0 Å². The molecule has 0 heterocycles. The van der Waals surface area contributed by atoms with Gasteiger partial charge in [0.1, 0.15) is 5.70 Å². The molecule has 1 aromatic carbocycles. The van der Waals surface area contributed by atoms with E-state index >= 15 is 0 Å². The minimum Gasteiger partial charge on any atom is -0.374 e. The molecule has 1 aromatic rings. The molecule has 0 saturated heterocycles. The van der Waals surface area contributed by atoms with E-state index in [1.807, 2.05) is 13.8 Å². The number of hydrogen-bond acceptors (Lipinski definition) is 5. The highest BCUT2D eigenvalue weighted by Gasteiger charge is 2.12. The molecule has 7 heteroatoms. The van der Waals surface area contributed by atoms with Crippen molar-refractivity contribution in [2.75, 3.05) is 19.8 Å². The van der Waals surface area contributed by atoms with Gasteiger partial charge in [0.15, 0.2) is 6.29 Å². The van der Waals surface area contributed by atoms with Crippen LogP contribution in [0.1, 0.15) is 19.4 Å². The van der Waals surface area contributed by atoms with E-state index in [2.05, 4.69) is 5.32 Å². The van der Waals surface area contributed by atoms with Crippen molar-refractivity contribution in [2.45, 2.75) is 20.1 Å². The fourth-order valence-electron chi connectivity index (χ4n) is 1.69. The average Bonchev–Trinajstić information content (AvgIpc) is 2.44. The summed E-state index contributed by atoms with van der Waals surface area (Å²) in [5.74, 6) is 0. The first kappa shape index (κ1) is 17.4. The Hall–Kier alpha value is -1.63. The van der Waals surface area contributed by atoms with Crippen molar-refractivity contribution in [2.24, 2.45) is 0 Å². The Labute approximate surface area is 128 Å². The summed E-state index contributed by atoms with van der Waals surface area (Å²) in [4.78, 5) is 10.2. The molecular weight excluding hydrogens is 296 g/mol. The van der Waals surface area contributed by atoms with Gasteiger partial charge in [-0.25, -0.2) is 0 Å². The first-order chi connectivity index (χ1) is 10.1. The van der Waals surface area contributed by atoms with E-state index in [1.54, 1.807) is 24.3 Å². The molecule has 0 unspecified atom stereocenters. The maximum Gasteiger partial charge on any atom is 0.258 e. The molecule has 0 amide bonds. The molecule has 0 aromatic heterocycles. The van der Waals surface area contributed by atoms with Crippen LogP contribution in [0.2, 0.25) is 5.02 Å². The van der Waals surface area contributed by atoms with Crippen molar-refractivity contribution >= 4 is 17.3 Å². The van der Waals surface area contributed by atoms with E-state index in [1.165, 1.54) is 0 Å². The van der Waals surface area contributed by atoms with E-state index in [9.17, 15) is 10.1 Å². The van der Waals surface area contributed by atoms with Crippen molar-refractivity contribution in [1.29, 1.82) is 0 Å². The zero-order valence-electron chi connectivity index (χ0n) is 12.0. The predicted molar refractivity (Wildman–Crippen MR) is 81.5 cm³/mol. The van der Waals surface area contributed by atoms with Crippen LogP contribution >= 0.6 is 11.6 Å². The van der Waals surface area contributed by atoms with E-state index in [4.69, 9.17) is 21.1 Å². The quantitative estimate of drug-likeness (QED) is 0.431. The van der Waals surface area contributed by atoms with E-state index < -0.39 is 11.2 Å². The largest absolute Gasteiger partial charge is 0.374 e. The summed E-state index contributed by atoms with van der Waals surface area (Å²) in [5, 5.41) is 14.3. The van der Waals surface area contributed by atoms with Crippen LogP contribution in [0.3, 0.4) is 0 Å². The number of nitro groups is 1. The smallest absolute Gasteiger partial charge is 0.258 e. The molecule has 116 valence electrons. The molecule has 1 N–H and O–H groups in total. The van der Waals surface area contributed by atoms with Crippen LogP contribution in [0.5, 0.6) is 0 Å².